The highest BCUT2D eigenvalue weighted by molar-refractivity contribution is 6.34. The Balaban J connectivity index is 2.62. The third kappa shape index (κ3) is 2.01. The standard InChI is InChI=1S/C12H6Cl2N2/c13-9-3-1-2-8(6-9)10-4-5-16-11(7-15)12(10)14/h1-6H. The van der Waals surface area contributed by atoms with Crippen molar-refractivity contribution in [1.82, 2.24) is 4.98 Å². The van der Waals surface area contributed by atoms with E-state index in [1.165, 1.54) is 0 Å². The summed E-state index contributed by atoms with van der Waals surface area (Å²) in [6.45, 7) is 0. The van der Waals surface area contributed by atoms with E-state index in [0.717, 1.165) is 11.1 Å². The highest BCUT2D eigenvalue weighted by Crippen LogP contribution is 2.30. The van der Waals surface area contributed by atoms with Gasteiger partial charge in [0.1, 0.15) is 6.07 Å². The van der Waals surface area contributed by atoms with Crippen LogP contribution in [0.25, 0.3) is 11.1 Å². The van der Waals surface area contributed by atoms with E-state index < -0.39 is 0 Å². The molecule has 2 rings (SSSR count). The number of nitrogens with zero attached hydrogens (tertiary/aromatic N) is 2. The molecule has 0 bridgehead atoms. The smallest absolute Gasteiger partial charge is 0.159 e. The molecule has 1 aromatic carbocycles. The van der Waals surface area contributed by atoms with E-state index >= 15 is 0 Å². The van der Waals surface area contributed by atoms with Crippen LogP contribution in [0.15, 0.2) is 36.5 Å². The lowest BCUT2D eigenvalue weighted by Crippen LogP contribution is -1.87. The van der Waals surface area contributed by atoms with Crippen LogP contribution in [0.1, 0.15) is 5.69 Å². The second-order valence-corrected chi connectivity index (χ2v) is 3.96. The lowest BCUT2D eigenvalue weighted by atomic mass is 10.1. The maximum absolute atomic E-state index is 8.82. The van der Waals surface area contributed by atoms with E-state index in [-0.39, 0.29) is 5.69 Å². The molecule has 0 saturated heterocycles. The van der Waals surface area contributed by atoms with E-state index in [0.29, 0.717) is 10.0 Å². The minimum atomic E-state index is 0.221. The van der Waals surface area contributed by atoms with Gasteiger partial charge in [-0.3, -0.25) is 0 Å². The zero-order valence-electron chi connectivity index (χ0n) is 8.11. The van der Waals surface area contributed by atoms with E-state index in [2.05, 4.69) is 4.98 Å². The quantitative estimate of drug-likeness (QED) is 0.767. The number of pyridine rings is 1. The average molecular weight is 249 g/mol. The Kier molecular flexibility index (Phi) is 3.09. The van der Waals surface area contributed by atoms with Gasteiger partial charge in [-0.2, -0.15) is 5.26 Å². The van der Waals surface area contributed by atoms with Crippen molar-refractivity contribution in [3.63, 3.8) is 0 Å². The first-order chi connectivity index (χ1) is 7.72. The average Bonchev–Trinajstić information content (AvgIpc) is 2.29. The molecule has 1 aromatic heterocycles. The van der Waals surface area contributed by atoms with Gasteiger partial charge >= 0.3 is 0 Å². The first-order valence-corrected chi connectivity index (χ1v) is 5.28. The number of benzene rings is 1. The van der Waals surface area contributed by atoms with Crippen molar-refractivity contribution in [1.29, 1.82) is 5.26 Å². The van der Waals surface area contributed by atoms with Crippen molar-refractivity contribution >= 4 is 23.2 Å². The predicted octanol–water partition coefficient (Wildman–Crippen LogP) is 3.93. The van der Waals surface area contributed by atoms with Crippen molar-refractivity contribution in [3.8, 4) is 17.2 Å². The molecule has 0 aliphatic heterocycles. The minimum Gasteiger partial charge on any atom is -0.244 e. The van der Waals surface area contributed by atoms with Crippen molar-refractivity contribution in [2.75, 3.05) is 0 Å². The topological polar surface area (TPSA) is 36.7 Å². The highest BCUT2D eigenvalue weighted by atomic mass is 35.5. The zero-order chi connectivity index (χ0) is 11.5. The zero-order valence-corrected chi connectivity index (χ0v) is 9.63. The summed E-state index contributed by atoms with van der Waals surface area (Å²) in [6, 6.07) is 11.0. The van der Waals surface area contributed by atoms with Crippen molar-refractivity contribution in [2.24, 2.45) is 0 Å². The van der Waals surface area contributed by atoms with Gasteiger partial charge in [0.15, 0.2) is 5.69 Å². The second-order valence-electron chi connectivity index (χ2n) is 3.14. The summed E-state index contributed by atoms with van der Waals surface area (Å²) in [4.78, 5) is 3.88. The van der Waals surface area contributed by atoms with Gasteiger partial charge in [0.2, 0.25) is 0 Å². The third-order valence-corrected chi connectivity index (χ3v) is 2.75. The van der Waals surface area contributed by atoms with Gasteiger partial charge in [0, 0.05) is 16.8 Å². The van der Waals surface area contributed by atoms with Crippen LogP contribution in [0.2, 0.25) is 10.0 Å². The molecule has 0 radical (unpaired) electrons. The molecule has 0 aliphatic rings. The molecule has 2 nitrogen and oxygen atoms in total. The van der Waals surface area contributed by atoms with Crippen LogP contribution < -0.4 is 0 Å². The molecule has 0 spiro atoms. The molecule has 0 fully saturated rings. The highest BCUT2D eigenvalue weighted by Gasteiger charge is 2.08. The number of hydrogen-bond donors (Lipinski definition) is 0. The number of halogens is 2. The lowest BCUT2D eigenvalue weighted by molar-refractivity contribution is 1.26. The molecule has 0 saturated carbocycles. The van der Waals surface area contributed by atoms with Crippen molar-refractivity contribution < 1.29 is 0 Å². The maximum atomic E-state index is 8.82. The van der Waals surface area contributed by atoms with E-state index in [1.54, 1.807) is 24.4 Å². The summed E-state index contributed by atoms with van der Waals surface area (Å²) in [7, 11) is 0. The number of rotatable bonds is 1. The summed E-state index contributed by atoms with van der Waals surface area (Å²) >= 11 is 12.0. The number of aromatic nitrogens is 1. The fourth-order valence-corrected chi connectivity index (χ4v) is 1.85. The Hall–Kier alpha value is -1.56. The largest absolute Gasteiger partial charge is 0.244 e. The van der Waals surface area contributed by atoms with Gasteiger partial charge in [0.25, 0.3) is 0 Å². The fourth-order valence-electron chi connectivity index (χ4n) is 1.40. The van der Waals surface area contributed by atoms with Gasteiger partial charge in [-0.25, -0.2) is 4.98 Å². The molecule has 78 valence electrons. The molecular formula is C12H6Cl2N2. The predicted molar refractivity (Wildman–Crippen MR) is 64.4 cm³/mol. The number of hydrogen-bond acceptors (Lipinski definition) is 2. The molecule has 1 heterocycles. The molecule has 0 N–H and O–H groups in total. The molecule has 2 aromatic rings. The summed E-state index contributed by atoms with van der Waals surface area (Å²) in [5.74, 6) is 0. The molecule has 0 aliphatic carbocycles. The summed E-state index contributed by atoms with van der Waals surface area (Å²) in [6.07, 6.45) is 1.56. The Morgan fingerprint density at radius 2 is 2.00 bits per heavy atom. The monoisotopic (exact) mass is 248 g/mol. The van der Waals surface area contributed by atoms with Crippen LogP contribution in [0, 0.1) is 11.3 Å². The Morgan fingerprint density at radius 3 is 2.69 bits per heavy atom. The third-order valence-electron chi connectivity index (χ3n) is 2.13. The Labute approximate surface area is 103 Å². The summed E-state index contributed by atoms with van der Waals surface area (Å²) in [5.41, 5.74) is 1.85. The van der Waals surface area contributed by atoms with Crippen molar-refractivity contribution in [3.05, 3.63) is 52.3 Å². The molecule has 4 heteroatoms. The maximum Gasteiger partial charge on any atom is 0.159 e. The van der Waals surface area contributed by atoms with Crippen molar-refractivity contribution in [2.45, 2.75) is 0 Å². The normalized spacial score (nSPS) is 9.81. The number of nitriles is 1. The Bertz CT molecular complexity index is 573. The molecule has 0 amide bonds. The molecular weight excluding hydrogens is 243 g/mol. The van der Waals surface area contributed by atoms with Gasteiger partial charge in [-0.1, -0.05) is 35.3 Å². The van der Waals surface area contributed by atoms with Crippen LogP contribution in [0.5, 0.6) is 0 Å². The van der Waals surface area contributed by atoms with E-state index in [9.17, 15) is 0 Å². The molecule has 0 atom stereocenters. The van der Waals surface area contributed by atoms with E-state index in [4.69, 9.17) is 28.5 Å². The SMILES string of the molecule is N#Cc1nccc(-c2cccc(Cl)c2)c1Cl. The van der Waals surface area contributed by atoms with Gasteiger partial charge in [-0.05, 0) is 23.8 Å². The van der Waals surface area contributed by atoms with Gasteiger partial charge in [-0.15, -0.1) is 0 Å². The summed E-state index contributed by atoms with van der Waals surface area (Å²) in [5, 5.41) is 9.80. The van der Waals surface area contributed by atoms with Crippen LogP contribution in [0.4, 0.5) is 0 Å². The van der Waals surface area contributed by atoms with Gasteiger partial charge < -0.3 is 0 Å². The lowest BCUT2D eigenvalue weighted by Gasteiger charge is -2.05. The van der Waals surface area contributed by atoms with E-state index in [1.807, 2.05) is 18.2 Å². The van der Waals surface area contributed by atoms with Crippen LogP contribution >= 0.6 is 23.2 Å². The molecule has 16 heavy (non-hydrogen) atoms. The molecule has 0 unspecified atom stereocenters. The van der Waals surface area contributed by atoms with Crippen LogP contribution in [0.3, 0.4) is 0 Å². The van der Waals surface area contributed by atoms with Crippen LogP contribution in [-0.2, 0) is 0 Å². The van der Waals surface area contributed by atoms with Gasteiger partial charge in [0.05, 0.1) is 5.02 Å². The Morgan fingerprint density at radius 1 is 1.19 bits per heavy atom. The first kappa shape index (κ1) is 10.9. The second kappa shape index (κ2) is 4.52. The first-order valence-electron chi connectivity index (χ1n) is 4.53. The summed E-state index contributed by atoms with van der Waals surface area (Å²) < 4.78 is 0. The van der Waals surface area contributed by atoms with Crippen LogP contribution in [-0.4, -0.2) is 4.98 Å². The minimum absolute atomic E-state index is 0.221. The fraction of sp³-hybridized carbons (Fsp3) is 0.